The van der Waals surface area contributed by atoms with E-state index in [1.807, 2.05) is 38.1 Å². The Hall–Kier alpha value is -2.44. The minimum atomic E-state index is 0.191. The van der Waals surface area contributed by atoms with Crippen molar-refractivity contribution >= 4 is 0 Å². The minimum absolute atomic E-state index is 0.191. The number of aromatic hydroxyl groups is 2. The zero-order chi connectivity index (χ0) is 16.7. The fraction of sp³-hybridized carbons (Fsp3) is 0.250. The van der Waals surface area contributed by atoms with Gasteiger partial charge >= 0.3 is 0 Å². The molecule has 116 valence electrons. The van der Waals surface area contributed by atoms with Crippen molar-refractivity contribution < 1.29 is 10.2 Å². The lowest BCUT2D eigenvalue weighted by atomic mass is 9.91. The van der Waals surface area contributed by atoms with Gasteiger partial charge in [-0.25, -0.2) is 0 Å². The molecule has 0 unspecified atom stereocenters. The van der Waals surface area contributed by atoms with Gasteiger partial charge in [0.25, 0.3) is 0 Å². The molecule has 0 amide bonds. The highest BCUT2D eigenvalue weighted by molar-refractivity contribution is 5.78. The maximum Gasteiger partial charge on any atom is 0.123 e. The van der Waals surface area contributed by atoms with Crippen LogP contribution < -0.4 is 0 Å². The Kier molecular flexibility index (Phi) is 6.49. The maximum atomic E-state index is 10.0. The van der Waals surface area contributed by atoms with E-state index >= 15 is 0 Å². The molecule has 0 atom stereocenters. The summed E-state index contributed by atoms with van der Waals surface area (Å²) in [6, 6.07) is 12.5. The van der Waals surface area contributed by atoms with Crippen LogP contribution in [0.2, 0.25) is 0 Å². The lowest BCUT2D eigenvalue weighted by Gasteiger charge is -2.15. The molecule has 0 spiro atoms. The Bertz CT molecular complexity index is 674. The first-order chi connectivity index (χ1) is 10.4. The third-order valence-electron chi connectivity index (χ3n) is 3.22. The van der Waals surface area contributed by atoms with E-state index in [-0.39, 0.29) is 17.4 Å². The third-order valence-corrected chi connectivity index (χ3v) is 3.22. The number of phenols is 2. The molecule has 2 aromatic rings. The summed E-state index contributed by atoms with van der Waals surface area (Å²) in [5.41, 5.74) is 6.27. The standard InChI is InChI=1S/C15H16O2.C5H8/c1-10(2)11-7-5-9-14(17)15(11)12-6-3-4-8-13(12)16;1-4-5(2)3/h3-10,16-17H,1-2H3;1H2,2-3H3. The number of para-hydroxylation sites is 1. The quantitative estimate of drug-likeness (QED) is 0.705. The second kappa shape index (κ2) is 8.11. The Morgan fingerprint density at radius 3 is 2.00 bits per heavy atom. The van der Waals surface area contributed by atoms with Crippen molar-refractivity contribution in [2.24, 2.45) is 0 Å². The molecule has 0 saturated carbocycles. The summed E-state index contributed by atoms with van der Waals surface area (Å²) >= 11 is 0. The first-order valence-corrected chi connectivity index (χ1v) is 7.32. The molecule has 2 aromatic carbocycles. The van der Waals surface area contributed by atoms with E-state index in [0.717, 1.165) is 16.7 Å². The van der Waals surface area contributed by atoms with Gasteiger partial charge in [-0.2, -0.15) is 0 Å². The molecular weight excluding hydrogens is 272 g/mol. The SMILES string of the molecule is C=C=C(C)C.CC(C)c1cccc(O)c1-c1ccccc1O. The summed E-state index contributed by atoms with van der Waals surface area (Å²) < 4.78 is 0. The predicted octanol–water partition coefficient (Wildman–Crippen LogP) is 5.63. The molecule has 0 fully saturated rings. The molecule has 2 nitrogen and oxygen atoms in total. The van der Waals surface area contributed by atoms with Crippen molar-refractivity contribution in [3.8, 4) is 22.6 Å². The second-order valence-electron chi connectivity index (χ2n) is 5.59. The molecule has 0 aliphatic heterocycles. The summed E-state index contributed by atoms with van der Waals surface area (Å²) in [7, 11) is 0. The molecule has 0 heterocycles. The Morgan fingerprint density at radius 1 is 0.955 bits per heavy atom. The van der Waals surface area contributed by atoms with Crippen molar-refractivity contribution in [1.82, 2.24) is 0 Å². The van der Waals surface area contributed by atoms with Crippen molar-refractivity contribution in [3.63, 3.8) is 0 Å². The Balaban J connectivity index is 0.000000422. The smallest absolute Gasteiger partial charge is 0.123 e. The first kappa shape index (κ1) is 17.6. The summed E-state index contributed by atoms with van der Waals surface area (Å²) in [4.78, 5) is 0. The van der Waals surface area contributed by atoms with Crippen LogP contribution in [0.3, 0.4) is 0 Å². The van der Waals surface area contributed by atoms with E-state index in [2.05, 4.69) is 26.2 Å². The van der Waals surface area contributed by atoms with Crippen LogP contribution in [0.15, 0.2) is 60.3 Å². The lowest BCUT2D eigenvalue weighted by Crippen LogP contribution is -1.93. The van der Waals surface area contributed by atoms with Crippen molar-refractivity contribution in [2.45, 2.75) is 33.6 Å². The summed E-state index contributed by atoms with van der Waals surface area (Å²) in [6.07, 6.45) is 0. The number of benzene rings is 2. The van der Waals surface area contributed by atoms with Gasteiger partial charge in [0, 0.05) is 11.1 Å². The summed E-state index contributed by atoms with van der Waals surface area (Å²) in [5.74, 6) is 0.685. The van der Waals surface area contributed by atoms with Gasteiger partial charge in [0.05, 0.1) is 0 Å². The van der Waals surface area contributed by atoms with Crippen LogP contribution in [-0.4, -0.2) is 10.2 Å². The van der Waals surface area contributed by atoms with Crippen LogP contribution >= 0.6 is 0 Å². The van der Waals surface area contributed by atoms with Gasteiger partial charge < -0.3 is 10.2 Å². The zero-order valence-electron chi connectivity index (χ0n) is 13.7. The molecule has 0 aliphatic rings. The van der Waals surface area contributed by atoms with Crippen LogP contribution in [-0.2, 0) is 0 Å². The zero-order valence-corrected chi connectivity index (χ0v) is 13.7. The molecule has 0 aliphatic carbocycles. The van der Waals surface area contributed by atoms with E-state index in [1.165, 1.54) is 0 Å². The van der Waals surface area contributed by atoms with Crippen molar-refractivity contribution in [2.75, 3.05) is 0 Å². The average Bonchev–Trinajstić information content (AvgIpc) is 2.48. The van der Waals surface area contributed by atoms with E-state index in [9.17, 15) is 10.2 Å². The van der Waals surface area contributed by atoms with Crippen molar-refractivity contribution in [3.05, 3.63) is 65.9 Å². The van der Waals surface area contributed by atoms with Gasteiger partial charge in [0.2, 0.25) is 0 Å². The van der Waals surface area contributed by atoms with Gasteiger partial charge in [0.1, 0.15) is 11.5 Å². The van der Waals surface area contributed by atoms with Gasteiger partial charge in [-0.05, 0) is 43.0 Å². The molecule has 0 bridgehead atoms. The largest absolute Gasteiger partial charge is 0.507 e. The van der Waals surface area contributed by atoms with Crippen LogP contribution in [0.1, 0.15) is 39.2 Å². The highest BCUT2D eigenvalue weighted by atomic mass is 16.3. The molecular formula is C20H24O2. The van der Waals surface area contributed by atoms with Crippen LogP contribution in [0.25, 0.3) is 11.1 Å². The average molecular weight is 296 g/mol. The maximum absolute atomic E-state index is 10.0. The monoisotopic (exact) mass is 296 g/mol. The Morgan fingerprint density at radius 2 is 1.50 bits per heavy atom. The van der Waals surface area contributed by atoms with E-state index in [4.69, 9.17) is 0 Å². The molecule has 2 N–H and O–H groups in total. The first-order valence-electron chi connectivity index (χ1n) is 7.32. The highest BCUT2D eigenvalue weighted by Gasteiger charge is 2.15. The molecule has 0 radical (unpaired) electrons. The highest BCUT2D eigenvalue weighted by Crippen LogP contribution is 2.40. The summed E-state index contributed by atoms with van der Waals surface area (Å²) in [5, 5.41) is 19.9. The van der Waals surface area contributed by atoms with Gasteiger partial charge in [-0.1, -0.05) is 50.8 Å². The fourth-order valence-electron chi connectivity index (χ4n) is 2.02. The third kappa shape index (κ3) is 4.54. The van der Waals surface area contributed by atoms with E-state index in [0.29, 0.717) is 5.56 Å². The number of hydrogen-bond donors (Lipinski definition) is 2. The van der Waals surface area contributed by atoms with Crippen LogP contribution in [0.4, 0.5) is 0 Å². The number of allylic oxidation sites excluding steroid dienone is 1. The van der Waals surface area contributed by atoms with Crippen LogP contribution in [0.5, 0.6) is 11.5 Å². The minimum Gasteiger partial charge on any atom is -0.507 e. The van der Waals surface area contributed by atoms with Gasteiger partial charge in [-0.15, -0.1) is 5.73 Å². The summed E-state index contributed by atoms with van der Waals surface area (Å²) in [6.45, 7) is 11.5. The molecule has 22 heavy (non-hydrogen) atoms. The number of hydrogen-bond acceptors (Lipinski definition) is 2. The van der Waals surface area contributed by atoms with Gasteiger partial charge in [-0.3, -0.25) is 0 Å². The molecule has 2 rings (SSSR count). The van der Waals surface area contributed by atoms with Gasteiger partial charge in [0.15, 0.2) is 0 Å². The predicted molar refractivity (Wildman–Crippen MR) is 93.3 cm³/mol. The number of rotatable bonds is 2. The normalized spacial score (nSPS) is 9.68. The van der Waals surface area contributed by atoms with E-state index in [1.54, 1.807) is 18.2 Å². The van der Waals surface area contributed by atoms with Crippen molar-refractivity contribution in [1.29, 1.82) is 0 Å². The molecule has 0 aromatic heterocycles. The second-order valence-corrected chi connectivity index (χ2v) is 5.59. The topological polar surface area (TPSA) is 40.5 Å². The van der Waals surface area contributed by atoms with Crippen LogP contribution in [0, 0.1) is 0 Å². The molecule has 0 saturated heterocycles. The lowest BCUT2D eigenvalue weighted by molar-refractivity contribution is 0.468. The Labute approximate surface area is 133 Å². The fourth-order valence-corrected chi connectivity index (χ4v) is 2.02. The number of phenolic OH excluding ortho intramolecular Hbond substituents is 2. The molecule has 2 heteroatoms. The van der Waals surface area contributed by atoms with E-state index < -0.39 is 0 Å².